The normalized spacial score (nSPS) is 11.1. The first-order chi connectivity index (χ1) is 16.4. The summed E-state index contributed by atoms with van der Waals surface area (Å²) in [6.07, 6.45) is 4.50. The molecule has 0 saturated heterocycles. The maximum atomic E-state index is 13.2. The number of allylic oxidation sites excluding steroid dienone is 1. The van der Waals surface area contributed by atoms with Gasteiger partial charge < -0.3 is 19.9 Å². The lowest BCUT2D eigenvalue weighted by molar-refractivity contribution is 0.104. The van der Waals surface area contributed by atoms with Gasteiger partial charge in [-0.3, -0.25) is 9.36 Å². The van der Waals surface area contributed by atoms with Crippen molar-refractivity contribution in [3.63, 3.8) is 0 Å². The second kappa shape index (κ2) is 9.60. The molecule has 0 spiro atoms. The number of rotatable bonds is 7. The van der Waals surface area contributed by atoms with Crippen molar-refractivity contribution in [2.45, 2.75) is 6.61 Å². The number of benzene rings is 3. The Kier molecular flexibility index (Phi) is 6.42. The SMILES string of the molecule is COc1cc(C=CC(=O)c2cccc(-n3cc(-c4ccc(F)cc4)[nH]c3=O)c2)cc(CO)c1O. The lowest BCUT2D eigenvalue weighted by Gasteiger charge is -2.08. The van der Waals surface area contributed by atoms with E-state index in [9.17, 15) is 24.2 Å². The number of aromatic amines is 1. The number of aromatic hydroxyl groups is 1. The Hall–Kier alpha value is -4.43. The van der Waals surface area contributed by atoms with E-state index in [1.54, 1.807) is 60.8 Å². The molecule has 0 amide bonds. The fourth-order valence-electron chi connectivity index (χ4n) is 3.50. The summed E-state index contributed by atoms with van der Waals surface area (Å²) >= 11 is 0. The zero-order chi connectivity index (χ0) is 24.2. The standard InChI is InChI=1S/C26H21FN2O5/c1-34-24-12-16(11-19(15-30)25(24)32)5-10-23(31)18-3-2-4-21(13-18)29-14-22(28-26(29)33)17-6-8-20(27)9-7-17/h2-14,30,32H,15H2,1H3,(H,28,33). The molecule has 3 aromatic carbocycles. The van der Waals surface area contributed by atoms with Crippen molar-refractivity contribution < 1.29 is 24.1 Å². The monoisotopic (exact) mass is 460 g/mol. The van der Waals surface area contributed by atoms with Crippen molar-refractivity contribution >= 4 is 11.9 Å². The fourth-order valence-corrected chi connectivity index (χ4v) is 3.50. The van der Waals surface area contributed by atoms with Gasteiger partial charge in [-0.05, 0) is 65.7 Å². The number of carbonyl (C=O) groups excluding carboxylic acids is 1. The molecule has 172 valence electrons. The maximum absolute atomic E-state index is 13.2. The molecule has 0 aliphatic carbocycles. The van der Waals surface area contributed by atoms with E-state index in [0.717, 1.165) is 0 Å². The fraction of sp³-hybridized carbons (Fsp3) is 0.0769. The van der Waals surface area contributed by atoms with Gasteiger partial charge in [-0.25, -0.2) is 9.18 Å². The van der Waals surface area contributed by atoms with Crippen LogP contribution in [0.2, 0.25) is 0 Å². The average Bonchev–Trinajstić information content (AvgIpc) is 3.25. The maximum Gasteiger partial charge on any atom is 0.330 e. The predicted molar refractivity (Wildman–Crippen MR) is 126 cm³/mol. The number of imidazole rings is 1. The van der Waals surface area contributed by atoms with Crippen LogP contribution in [0.15, 0.2) is 77.7 Å². The van der Waals surface area contributed by atoms with Gasteiger partial charge in [-0.15, -0.1) is 0 Å². The quantitative estimate of drug-likeness (QED) is 0.285. The number of hydrogen-bond donors (Lipinski definition) is 3. The van der Waals surface area contributed by atoms with Crippen LogP contribution in [0.25, 0.3) is 23.0 Å². The third-order valence-corrected chi connectivity index (χ3v) is 5.28. The van der Waals surface area contributed by atoms with Crippen LogP contribution in [0.1, 0.15) is 21.5 Å². The van der Waals surface area contributed by atoms with Crippen LogP contribution >= 0.6 is 0 Å². The van der Waals surface area contributed by atoms with Crippen LogP contribution in [-0.4, -0.2) is 32.7 Å². The number of methoxy groups -OCH3 is 1. The molecule has 4 aromatic rings. The molecule has 4 rings (SSSR count). The number of carbonyl (C=O) groups is 1. The molecule has 8 heteroatoms. The van der Waals surface area contributed by atoms with Gasteiger partial charge in [0, 0.05) is 17.3 Å². The van der Waals surface area contributed by atoms with E-state index in [2.05, 4.69) is 4.98 Å². The number of aliphatic hydroxyl groups excluding tert-OH is 1. The van der Waals surface area contributed by atoms with Crippen LogP contribution in [0.4, 0.5) is 4.39 Å². The summed E-state index contributed by atoms with van der Waals surface area (Å²) in [4.78, 5) is 28.0. The third-order valence-electron chi connectivity index (χ3n) is 5.28. The molecule has 0 unspecified atom stereocenters. The molecular weight excluding hydrogens is 439 g/mol. The van der Waals surface area contributed by atoms with Gasteiger partial charge in [0.15, 0.2) is 17.3 Å². The van der Waals surface area contributed by atoms with Crippen LogP contribution < -0.4 is 10.4 Å². The Morgan fingerprint density at radius 2 is 1.91 bits per heavy atom. The van der Waals surface area contributed by atoms with Crippen LogP contribution in [-0.2, 0) is 6.61 Å². The molecule has 34 heavy (non-hydrogen) atoms. The van der Waals surface area contributed by atoms with Gasteiger partial charge in [-0.1, -0.05) is 18.2 Å². The Morgan fingerprint density at radius 3 is 2.62 bits per heavy atom. The van der Waals surface area contributed by atoms with Gasteiger partial charge >= 0.3 is 5.69 Å². The van der Waals surface area contributed by atoms with Gasteiger partial charge in [0.25, 0.3) is 0 Å². The Bertz CT molecular complexity index is 1410. The molecule has 0 aliphatic rings. The highest BCUT2D eigenvalue weighted by Crippen LogP contribution is 2.32. The summed E-state index contributed by atoms with van der Waals surface area (Å²) in [7, 11) is 1.39. The van der Waals surface area contributed by atoms with E-state index in [1.807, 2.05) is 0 Å². The van der Waals surface area contributed by atoms with Crippen molar-refractivity contribution in [2.24, 2.45) is 0 Å². The van der Waals surface area contributed by atoms with Crippen LogP contribution in [0.5, 0.6) is 11.5 Å². The van der Waals surface area contributed by atoms with Gasteiger partial charge in [0.2, 0.25) is 0 Å². The molecular formula is C26H21FN2O5. The van der Waals surface area contributed by atoms with E-state index < -0.39 is 5.69 Å². The van der Waals surface area contributed by atoms with E-state index in [4.69, 9.17) is 4.74 Å². The second-order valence-electron chi connectivity index (χ2n) is 7.49. The molecule has 0 atom stereocenters. The molecule has 0 aliphatic heterocycles. The summed E-state index contributed by atoms with van der Waals surface area (Å²) in [5, 5.41) is 19.4. The van der Waals surface area contributed by atoms with E-state index in [-0.39, 0.29) is 35.3 Å². The van der Waals surface area contributed by atoms with Crippen molar-refractivity contribution in [3.05, 3.63) is 106 Å². The first-order valence-electron chi connectivity index (χ1n) is 10.3. The van der Waals surface area contributed by atoms with Gasteiger partial charge in [0.1, 0.15) is 5.82 Å². The van der Waals surface area contributed by atoms with Gasteiger partial charge in [-0.2, -0.15) is 0 Å². The summed E-state index contributed by atoms with van der Waals surface area (Å²) in [6, 6.07) is 15.4. The Labute approximate surface area is 194 Å². The Morgan fingerprint density at radius 1 is 1.15 bits per heavy atom. The number of aliphatic hydroxyl groups is 1. The number of ether oxygens (including phenoxy) is 1. The number of halogens is 1. The van der Waals surface area contributed by atoms with E-state index >= 15 is 0 Å². The number of hydrogen-bond acceptors (Lipinski definition) is 5. The summed E-state index contributed by atoms with van der Waals surface area (Å²) in [5.74, 6) is -0.646. The van der Waals surface area contributed by atoms with E-state index in [1.165, 1.54) is 29.9 Å². The smallest absolute Gasteiger partial charge is 0.330 e. The number of ketones is 1. The summed E-state index contributed by atoms with van der Waals surface area (Å²) < 4.78 is 19.7. The van der Waals surface area contributed by atoms with Crippen molar-refractivity contribution in [1.29, 1.82) is 0 Å². The summed E-state index contributed by atoms with van der Waals surface area (Å²) in [5.41, 5.74) is 2.46. The number of nitrogens with zero attached hydrogens (tertiary/aromatic N) is 1. The highest BCUT2D eigenvalue weighted by molar-refractivity contribution is 6.07. The van der Waals surface area contributed by atoms with Crippen molar-refractivity contribution in [3.8, 4) is 28.4 Å². The molecule has 1 heterocycles. The second-order valence-corrected chi connectivity index (χ2v) is 7.49. The third kappa shape index (κ3) is 4.67. The molecule has 0 fully saturated rings. The van der Waals surface area contributed by atoms with Crippen LogP contribution in [0.3, 0.4) is 0 Å². The highest BCUT2D eigenvalue weighted by Gasteiger charge is 2.11. The minimum atomic E-state index is -0.396. The zero-order valence-electron chi connectivity index (χ0n) is 18.2. The molecule has 3 N–H and O–H groups in total. The van der Waals surface area contributed by atoms with Crippen molar-refractivity contribution in [1.82, 2.24) is 9.55 Å². The number of aromatic nitrogens is 2. The Balaban J connectivity index is 1.60. The number of H-pyrrole nitrogens is 1. The largest absolute Gasteiger partial charge is 0.504 e. The van der Waals surface area contributed by atoms with Crippen LogP contribution in [0, 0.1) is 5.82 Å². The summed E-state index contributed by atoms with van der Waals surface area (Å²) in [6.45, 7) is -0.384. The molecule has 0 saturated carbocycles. The minimum absolute atomic E-state index is 0.155. The number of nitrogens with one attached hydrogen (secondary N) is 1. The first kappa shape index (κ1) is 22.8. The molecule has 7 nitrogen and oxygen atoms in total. The van der Waals surface area contributed by atoms with Gasteiger partial charge in [0.05, 0.1) is 25.1 Å². The minimum Gasteiger partial charge on any atom is -0.504 e. The first-order valence-corrected chi connectivity index (χ1v) is 10.3. The highest BCUT2D eigenvalue weighted by atomic mass is 19.1. The van der Waals surface area contributed by atoms with E-state index in [0.29, 0.717) is 28.1 Å². The average molecular weight is 460 g/mol. The lowest BCUT2D eigenvalue weighted by atomic mass is 10.1. The predicted octanol–water partition coefficient (Wildman–Crippen LogP) is 4.07. The topological polar surface area (TPSA) is 105 Å². The zero-order valence-corrected chi connectivity index (χ0v) is 18.2. The molecule has 0 bridgehead atoms. The van der Waals surface area contributed by atoms with Crippen molar-refractivity contribution in [2.75, 3.05) is 7.11 Å². The molecule has 1 aromatic heterocycles. The number of phenols is 1. The molecule has 0 radical (unpaired) electrons. The lowest BCUT2D eigenvalue weighted by Crippen LogP contribution is -2.14.